The largest absolute Gasteiger partial charge is 0.379 e. The SMILES string of the molecule is CCCOCCOCCOCCOCc1cn(CC(=O)C(C)C)nn1. The molecule has 1 aromatic rings. The number of carbonyl (C=O) groups is 1. The highest BCUT2D eigenvalue weighted by molar-refractivity contribution is 5.79. The van der Waals surface area contributed by atoms with Gasteiger partial charge in [-0.25, -0.2) is 4.68 Å². The third kappa shape index (κ3) is 11.0. The zero-order chi connectivity index (χ0) is 18.3. The van der Waals surface area contributed by atoms with Crippen molar-refractivity contribution in [2.45, 2.75) is 40.3 Å². The van der Waals surface area contributed by atoms with Crippen LogP contribution in [0.5, 0.6) is 0 Å². The van der Waals surface area contributed by atoms with Crippen LogP contribution in [0.15, 0.2) is 6.20 Å². The molecule has 0 atom stereocenters. The summed E-state index contributed by atoms with van der Waals surface area (Å²) in [4.78, 5) is 11.6. The molecule has 25 heavy (non-hydrogen) atoms. The normalized spacial score (nSPS) is 11.4. The molecule has 1 aromatic heterocycles. The van der Waals surface area contributed by atoms with Gasteiger partial charge in [-0.15, -0.1) is 5.10 Å². The van der Waals surface area contributed by atoms with Gasteiger partial charge in [0.1, 0.15) is 12.2 Å². The molecule has 0 amide bonds. The summed E-state index contributed by atoms with van der Waals surface area (Å²) in [5, 5.41) is 7.90. The van der Waals surface area contributed by atoms with E-state index < -0.39 is 0 Å². The number of nitrogens with zero attached hydrogens (tertiary/aromatic N) is 3. The Labute approximate surface area is 149 Å². The zero-order valence-electron chi connectivity index (χ0n) is 15.6. The first-order chi connectivity index (χ1) is 12.1. The monoisotopic (exact) mass is 357 g/mol. The third-order valence-corrected chi connectivity index (χ3v) is 3.26. The average molecular weight is 357 g/mol. The fraction of sp³-hybridized carbons (Fsp3) is 0.824. The highest BCUT2D eigenvalue weighted by atomic mass is 16.6. The molecule has 0 spiro atoms. The van der Waals surface area contributed by atoms with Gasteiger partial charge in [0, 0.05) is 12.5 Å². The van der Waals surface area contributed by atoms with Gasteiger partial charge in [-0.2, -0.15) is 0 Å². The molecule has 0 saturated carbocycles. The smallest absolute Gasteiger partial charge is 0.156 e. The van der Waals surface area contributed by atoms with Gasteiger partial charge in [-0.05, 0) is 6.42 Å². The Morgan fingerprint density at radius 2 is 1.56 bits per heavy atom. The molecule has 0 unspecified atom stereocenters. The number of ether oxygens (including phenoxy) is 4. The van der Waals surface area contributed by atoms with Crippen molar-refractivity contribution in [3.05, 3.63) is 11.9 Å². The summed E-state index contributed by atoms with van der Waals surface area (Å²) in [7, 11) is 0. The maximum absolute atomic E-state index is 11.6. The topological polar surface area (TPSA) is 84.7 Å². The lowest BCUT2D eigenvalue weighted by atomic mass is 10.1. The fourth-order valence-corrected chi connectivity index (χ4v) is 1.81. The van der Waals surface area contributed by atoms with Crippen molar-refractivity contribution in [1.82, 2.24) is 15.0 Å². The number of Topliss-reactive ketones (excluding diaryl/α,β-unsaturated/α-hetero) is 1. The van der Waals surface area contributed by atoms with E-state index in [-0.39, 0.29) is 18.2 Å². The first-order valence-corrected chi connectivity index (χ1v) is 8.86. The predicted octanol–water partition coefficient (Wildman–Crippen LogP) is 1.48. The molecular weight excluding hydrogens is 326 g/mol. The Hall–Kier alpha value is -1.35. The van der Waals surface area contributed by atoms with Gasteiger partial charge in [0.15, 0.2) is 5.78 Å². The molecule has 0 aliphatic carbocycles. The molecule has 0 saturated heterocycles. The minimum absolute atomic E-state index is 0.00565. The zero-order valence-corrected chi connectivity index (χ0v) is 15.6. The van der Waals surface area contributed by atoms with Crippen LogP contribution in [0, 0.1) is 5.92 Å². The van der Waals surface area contributed by atoms with Gasteiger partial charge < -0.3 is 18.9 Å². The fourth-order valence-electron chi connectivity index (χ4n) is 1.81. The van der Waals surface area contributed by atoms with E-state index in [1.165, 1.54) is 0 Å². The van der Waals surface area contributed by atoms with Gasteiger partial charge in [0.25, 0.3) is 0 Å². The molecule has 0 bridgehead atoms. The van der Waals surface area contributed by atoms with Crippen LogP contribution in [-0.2, 0) is 36.9 Å². The van der Waals surface area contributed by atoms with Gasteiger partial charge in [-0.3, -0.25) is 4.79 Å². The number of rotatable bonds is 16. The van der Waals surface area contributed by atoms with Gasteiger partial charge in [-0.1, -0.05) is 26.0 Å². The van der Waals surface area contributed by atoms with E-state index in [1.54, 1.807) is 10.9 Å². The lowest BCUT2D eigenvalue weighted by Crippen LogP contribution is -2.15. The molecule has 0 N–H and O–H groups in total. The van der Waals surface area contributed by atoms with Crippen LogP contribution in [0.4, 0.5) is 0 Å². The van der Waals surface area contributed by atoms with Crippen molar-refractivity contribution >= 4 is 5.78 Å². The molecule has 0 fully saturated rings. The Bertz CT molecular complexity index is 465. The summed E-state index contributed by atoms with van der Waals surface area (Å²) >= 11 is 0. The summed E-state index contributed by atoms with van der Waals surface area (Å²) in [5.74, 6) is 0.124. The van der Waals surface area contributed by atoms with Crippen molar-refractivity contribution in [3.8, 4) is 0 Å². The van der Waals surface area contributed by atoms with Crippen molar-refractivity contribution < 1.29 is 23.7 Å². The molecule has 144 valence electrons. The standard InChI is InChI=1S/C17H31N3O5/c1-4-5-22-6-7-23-8-9-24-10-11-25-14-16-12-20(19-18-16)13-17(21)15(2)3/h12,15H,4-11,13-14H2,1-3H3. The number of aromatic nitrogens is 3. The molecule has 8 nitrogen and oxygen atoms in total. The molecule has 0 aliphatic heterocycles. The lowest BCUT2D eigenvalue weighted by Gasteiger charge is -2.06. The minimum atomic E-state index is -0.00565. The van der Waals surface area contributed by atoms with Crippen LogP contribution in [0.1, 0.15) is 32.9 Å². The van der Waals surface area contributed by atoms with Crippen LogP contribution < -0.4 is 0 Å². The van der Waals surface area contributed by atoms with Crippen LogP contribution in [0.3, 0.4) is 0 Å². The first kappa shape index (κ1) is 21.7. The Balaban J connectivity index is 1.95. The van der Waals surface area contributed by atoms with Crippen molar-refractivity contribution in [3.63, 3.8) is 0 Å². The van der Waals surface area contributed by atoms with Gasteiger partial charge in [0.05, 0.1) is 52.4 Å². The molecular formula is C17H31N3O5. The van der Waals surface area contributed by atoms with E-state index in [4.69, 9.17) is 18.9 Å². The van der Waals surface area contributed by atoms with Crippen LogP contribution in [0.25, 0.3) is 0 Å². The first-order valence-electron chi connectivity index (χ1n) is 8.86. The van der Waals surface area contributed by atoms with Crippen molar-refractivity contribution in [2.75, 3.05) is 46.2 Å². The molecule has 0 aromatic carbocycles. The van der Waals surface area contributed by atoms with Crippen LogP contribution >= 0.6 is 0 Å². The highest BCUT2D eigenvalue weighted by Gasteiger charge is 2.09. The van der Waals surface area contributed by atoms with E-state index in [2.05, 4.69) is 17.2 Å². The van der Waals surface area contributed by atoms with Gasteiger partial charge >= 0.3 is 0 Å². The molecule has 0 radical (unpaired) electrons. The summed E-state index contributed by atoms with van der Waals surface area (Å²) < 4.78 is 23.1. The van der Waals surface area contributed by atoms with Crippen LogP contribution in [-0.4, -0.2) is 67.0 Å². The number of hydrogen-bond acceptors (Lipinski definition) is 7. The second-order valence-electron chi connectivity index (χ2n) is 5.92. The summed E-state index contributed by atoms with van der Waals surface area (Å²) in [6.07, 6.45) is 2.76. The molecule has 1 rings (SSSR count). The van der Waals surface area contributed by atoms with E-state index in [0.717, 1.165) is 13.0 Å². The van der Waals surface area contributed by atoms with E-state index in [9.17, 15) is 4.79 Å². The summed E-state index contributed by atoms with van der Waals surface area (Å²) in [5.41, 5.74) is 0.701. The highest BCUT2D eigenvalue weighted by Crippen LogP contribution is 2.00. The van der Waals surface area contributed by atoms with Crippen LogP contribution in [0.2, 0.25) is 0 Å². The Morgan fingerprint density at radius 1 is 1.00 bits per heavy atom. The average Bonchev–Trinajstić information content (AvgIpc) is 3.03. The molecule has 0 aliphatic rings. The summed E-state index contributed by atoms with van der Waals surface area (Å²) in [6.45, 7) is 10.5. The number of carbonyl (C=O) groups excluding carboxylic acids is 1. The Kier molecular flexibility index (Phi) is 12.0. The minimum Gasteiger partial charge on any atom is -0.379 e. The van der Waals surface area contributed by atoms with E-state index in [1.807, 2.05) is 13.8 Å². The second-order valence-corrected chi connectivity index (χ2v) is 5.92. The van der Waals surface area contributed by atoms with Gasteiger partial charge in [0.2, 0.25) is 0 Å². The van der Waals surface area contributed by atoms with Crippen molar-refractivity contribution in [1.29, 1.82) is 0 Å². The third-order valence-electron chi connectivity index (χ3n) is 3.26. The van der Waals surface area contributed by atoms with Crippen molar-refractivity contribution in [2.24, 2.45) is 5.92 Å². The van der Waals surface area contributed by atoms with E-state index >= 15 is 0 Å². The maximum atomic E-state index is 11.6. The molecule has 1 heterocycles. The summed E-state index contributed by atoms with van der Waals surface area (Å²) in [6, 6.07) is 0. The number of hydrogen-bond donors (Lipinski definition) is 0. The Morgan fingerprint density at radius 3 is 2.12 bits per heavy atom. The number of ketones is 1. The van der Waals surface area contributed by atoms with E-state index in [0.29, 0.717) is 51.9 Å². The lowest BCUT2D eigenvalue weighted by molar-refractivity contribution is -0.122. The predicted molar refractivity (Wildman–Crippen MR) is 92.3 cm³/mol. The maximum Gasteiger partial charge on any atom is 0.156 e. The molecule has 8 heteroatoms. The second kappa shape index (κ2) is 13.9. The quantitative estimate of drug-likeness (QED) is 0.414.